The minimum Gasteiger partial charge on any atom is -0.507 e. The van der Waals surface area contributed by atoms with Gasteiger partial charge in [-0.3, -0.25) is 4.40 Å². The molecule has 0 spiro atoms. The Morgan fingerprint density at radius 1 is 1.09 bits per heavy atom. The van der Waals surface area contributed by atoms with E-state index >= 15 is 0 Å². The molecule has 44 heavy (non-hydrogen) atoms. The number of fused-ring (bicyclic) bond motifs is 1. The van der Waals surface area contributed by atoms with Crippen LogP contribution in [0.25, 0.3) is 17.0 Å². The summed E-state index contributed by atoms with van der Waals surface area (Å²) in [6, 6.07) is 7.84. The molecule has 3 aromatic rings. The lowest BCUT2D eigenvalue weighted by atomic mass is 9.84. The minimum absolute atomic E-state index is 0.188. The van der Waals surface area contributed by atoms with Crippen molar-refractivity contribution in [1.82, 2.24) is 24.6 Å². The van der Waals surface area contributed by atoms with Crippen molar-refractivity contribution in [1.29, 1.82) is 0 Å². The molecule has 3 aliphatic rings. The van der Waals surface area contributed by atoms with Crippen LogP contribution in [0.1, 0.15) is 77.2 Å². The van der Waals surface area contributed by atoms with E-state index in [1.807, 2.05) is 28.9 Å². The highest BCUT2D eigenvalue weighted by Gasteiger charge is 2.37. The number of phenolic OH excluding ortho intramolecular Hbond substituents is 1. The molecule has 8 heteroatoms. The predicted octanol–water partition coefficient (Wildman–Crippen LogP) is 5.49. The van der Waals surface area contributed by atoms with Crippen molar-refractivity contribution in [2.75, 3.05) is 31.9 Å². The average molecular weight is 597 g/mol. The van der Waals surface area contributed by atoms with Gasteiger partial charge in [0.2, 0.25) is 5.78 Å². The highest BCUT2D eigenvalue weighted by atomic mass is 16.5. The summed E-state index contributed by atoms with van der Waals surface area (Å²) in [6.07, 6.45) is 19.8. The summed E-state index contributed by atoms with van der Waals surface area (Å²) in [5, 5.41) is 13.6. The Labute approximate surface area is 262 Å². The molecule has 2 saturated heterocycles. The monoisotopic (exact) mass is 596 g/mol. The maximum atomic E-state index is 10.1. The largest absolute Gasteiger partial charge is 0.507 e. The van der Waals surface area contributed by atoms with E-state index in [0.717, 1.165) is 51.9 Å². The minimum atomic E-state index is 0.188. The lowest BCUT2D eigenvalue weighted by molar-refractivity contribution is -0.0991. The third kappa shape index (κ3) is 8.33. The van der Waals surface area contributed by atoms with Gasteiger partial charge in [-0.25, -0.2) is 4.98 Å². The third-order valence-corrected chi connectivity index (χ3v) is 9.34. The number of rotatable bonds is 7. The Balaban J connectivity index is 0.000000493. The average Bonchev–Trinajstić information content (AvgIpc) is 3.43. The summed E-state index contributed by atoms with van der Waals surface area (Å²) in [6.45, 7) is 8.84. The van der Waals surface area contributed by atoms with Crippen LogP contribution in [0, 0.1) is 36.0 Å². The number of benzene rings is 1. The summed E-state index contributed by atoms with van der Waals surface area (Å²) in [4.78, 5) is 11.6. The molecular formula is C36H48N6O2. The first kappa shape index (κ1) is 31.9. The van der Waals surface area contributed by atoms with Gasteiger partial charge in [0.15, 0.2) is 0 Å². The molecule has 4 heterocycles. The summed E-state index contributed by atoms with van der Waals surface area (Å²) in [5.41, 5.74) is 8.21. The maximum Gasteiger partial charge on any atom is 0.236 e. The molecule has 2 aromatic heterocycles. The number of anilines is 1. The Bertz CT molecular complexity index is 1460. The van der Waals surface area contributed by atoms with Crippen LogP contribution in [0.4, 0.5) is 5.82 Å². The molecule has 1 aliphatic carbocycles. The van der Waals surface area contributed by atoms with Crippen LogP contribution in [0.15, 0.2) is 36.7 Å². The fraction of sp³-hybridized carbons (Fsp3) is 0.556. The normalized spacial score (nSPS) is 21.8. The number of nitrogens with two attached hydrogens (primary N) is 1. The number of nitrogens with one attached hydrogen (secondary N) is 1. The number of nitrogen functional groups attached to an aromatic ring is 1. The second kappa shape index (κ2) is 15.4. The third-order valence-electron chi connectivity index (χ3n) is 9.34. The molecule has 1 saturated carbocycles. The maximum absolute atomic E-state index is 10.1. The summed E-state index contributed by atoms with van der Waals surface area (Å²) >= 11 is 0. The Morgan fingerprint density at radius 2 is 1.84 bits per heavy atom. The molecule has 0 bridgehead atoms. The Hall–Kier alpha value is -3.56. The number of aromatic nitrogens is 3. The van der Waals surface area contributed by atoms with E-state index in [1.165, 1.54) is 32.1 Å². The van der Waals surface area contributed by atoms with Gasteiger partial charge in [-0.1, -0.05) is 44.2 Å². The highest BCUT2D eigenvalue weighted by molar-refractivity contribution is 5.68. The number of ether oxygens (including phenoxy) is 1. The van der Waals surface area contributed by atoms with E-state index in [-0.39, 0.29) is 5.75 Å². The molecule has 1 unspecified atom stereocenters. The van der Waals surface area contributed by atoms with E-state index in [4.69, 9.17) is 16.9 Å². The first-order chi connectivity index (χ1) is 21.4. The molecule has 6 rings (SSSR count). The van der Waals surface area contributed by atoms with Gasteiger partial charge in [0.25, 0.3) is 0 Å². The zero-order chi connectivity index (χ0) is 30.9. The van der Waals surface area contributed by atoms with Crippen LogP contribution < -0.4 is 11.1 Å². The second-order valence-electron chi connectivity index (χ2n) is 12.6. The first-order valence-corrected chi connectivity index (χ1v) is 16.4. The van der Waals surface area contributed by atoms with Crippen molar-refractivity contribution in [3.05, 3.63) is 42.2 Å². The number of phenols is 1. The zero-order valence-corrected chi connectivity index (χ0v) is 26.3. The SMILES string of the molecule is C#CCC(C)CC.Nc1nc2nc(-c3ccccc3O)cn2cc1C#CCC1CCN(C2CC(OC3CCNCC3)C2)CC1. The summed E-state index contributed by atoms with van der Waals surface area (Å²) < 4.78 is 8.13. The molecule has 1 aromatic carbocycles. The van der Waals surface area contributed by atoms with Crippen LogP contribution in [0.2, 0.25) is 0 Å². The summed E-state index contributed by atoms with van der Waals surface area (Å²) in [5.74, 6) is 11.6. The van der Waals surface area contributed by atoms with Crippen molar-refractivity contribution in [2.45, 2.75) is 89.9 Å². The van der Waals surface area contributed by atoms with Crippen LogP contribution in [-0.2, 0) is 4.74 Å². The van der Waals surface area contributed by atoms with Gasteiger partial charge in [0.1, 0.15) is 11.6 Å². The molecule has 4 N–H and O–H groups in total. The predicted molar refractivity (Wildman–Crippen MR) is 177 cm³/mol. The molecule has 234 valence electrons. The van der Waals surface area contributed by atoms with Gasteiger partial charge < -0.3 is 25.8 Å². The van der Waals surface area contributed by atoms with Crippen molar-refractivity contribution in [3.8, 4) is 41.2 Å². The van der Waals surface area contributed by atoms with Crippen molar-refractivity contribution in [2.24, 2.45) is 11.8 Å². The van der Waals surface area contributed by atoms with Gasteiger partial charge in [-0.05, 0) is 88.7 Å². The number of para-hydroxylation sites is 1. The van der Waals surface area contributed by atoms with E-state index in [9.17, 15) is 5.11 Å². The molecule has 2 aliphatic heterocycles. The number of aromatic hydroxyl groups is 1. The lowest BCUT2D eigenvalue weighted by Crippen LogP contribution is -2.52. The first-order valence-electron chi connectivity index (χ1n) is 16.4. The van der Waals surface area contributed by atoms with Gasteiger partial charge in [-0.15, -0.1) is 12.3 Å². The van der Waals surface area contributed by atoms with Crippen LogP contribution in [0.5, 0.6) is 5.75 Å². The van der Waals surface area contributed by atoms with E-state index in [2.05, 4.69) is 51.8 Å². The zero-order valence-electron chi connectivity index (χ0n) is 26.3. The second-order valence-corrected chi connectivity index (χ2v) is 12.6. The van der Waals surface area contributed by atoms with Gasteiger partial charge in [-0.2, -0.15) is 4.98 Å². The van der Waals surface area contributed by atoms with Crippen molar-refractivity contribution < 1.29 is 9.84 Å². The van der Waals surface area contributed by atoms with E-state index in [1.54, 1.807) is 12.1 Å². The number of hydrogen-bond acceptors (Lipinski definition) is 7. The van der Waals surface area contributed by atoms with Crippen LogP contribution >= 0.6 is 0 Å². The highest BCUT2D eigenvalue weighted by Crippen LogP contribution is 2.33. The fourth-order valence-corrected chi connectivity index (χ4v) is 6.16. The van der Waals surface area contributed by atoms with Crippen molar-refractivity contribution in [3.63, 3.8) is 0 Å². The number of hydrogen-bond donors (Lipinski definition) is 3. The molecule has 8 nitrogen and oxygen atoms in total. The number of likely N-dealkylation sites (tertiary alicyclic amines) is 1. The Kier molecular flexibility index (Phi) is 11.2. The lowest BCUT2D eigenvalue weighted by Gasteiger charge is -2.46. The Morgan fingerprint density at radius 3 is 2.52 bits per heavy atom. The smallest absolute Gasteiger partial charge is 0.236 e. The quantitative estimate of drug-likeness (QED) is 0.310. The number of nitrogens with zero attached hydrogens (tertiary/aromatic N) is 4. The number of terminal acetylenes is 1. The summed E-state index contributed by atoms with van der Waals surface area (Å²) in [7, 11) is 0. The van der Waals surface area contributed by atoms with Crippen LogP contribution in [0.3, 0.4) is 0 Å². The molecule has 3 fully saturated rings. The molecule has 1 atom stereocenters. The molecular weight excluding hydrogens is 548 g/mol. The van der Waals surface area contributed by atoms with Crippen molar-refractivity contribution >= 4 is 11.6 Å². The van der Waals surface area contributed by atoms with Gasteiger partial charge >= 0.3 is 0 Å². The molecule has 0 radical (unpaired) electrons. The number of piperidine rings is 2. The standard InChI is InChI=1S/C29H36N6O2.C7H12/c30-28-21(18-35-19-26(32-29(35)33-28)25-6-1-2-7-27(25)36)5-3-4-20-10-14-34(15-11-20)22-16-24(17-22)37-23-8-12-31-13-9-23;1-4-6-7(3)5-2/h1-2,6-7,18-20,22-24,31,36H,4,8-17H2,(H2,30,32,33);1,7H,5-6H2,2-3H3. The number of imidazole rings is 1. The van der Waals surface area contributed by atoms with E-state index in [0.29, 0.717) is 58.5 Å². The fourth-order valence-electron chi connectivity index (χ4n) is 6.16. The van der Waals surface area contributed by atoms with Crippen LogP contribution in [-0.4, -0.2) is 68.8 Å². The van der Waals surface area contributed by atoms with Gasteiger partial charge in [0.05, 0.1) is 23.5 Å². The topological polar surface area (TPSA) is 101 Å². The molecule has 0 amide bonds. The van der Waals surface area contributed by atoms with Gasteiger partial charge in [0, 0.05) is 36.8 Å². The van der Waals surface area contributed by atoms with E-state index < -0.39 is 0 Å².